The zero-order chi connectivity index (χ0) is 13.3. The fraction of sp³-hybridized carbons (Fsp3) is 1.00. The highest BCUT2D eigenvalue weighted by Crippen LogP contribution is 2.77. The van der Waals surface area contributed by atoms with E-state index < -0.39 is 0 Å². The van der Waals surface area contributed by atoms with E-state index in [0.29, 0.717) is 16.2 Å². The van der Waals surface area contributed by atoms with Crippen molar-refractivity contribution in [2.75, 3.05) is 7.11 Å². The molecule has 2 rings (SSSR count). The molecule has 0 aromatic heterocycles. The molecule has 2 aliphatic rings. The van der Waals surface area contributed by atoms with Crippen LogP contribution in [0.3, 0.4) is 0 Å². The van der Waals surface area contributed by atoms with E-state index in [2.05, 4.69) is 48.5 Å². The van der Waals surface area contributed by atoms with E-state index in [4.69, 9.17) is 4.74 Å². The Balaban J connectivity index is 2.55. The number of rotatable bonds is 2. The molecule has 3 atom stereocenters. The maximum absolute atomic E-state index is 5.92. The van der Waals surface area contributed by atoms with E-state index in [0.717, 1.165) is 11.8 Å². The van der Waals surface area contributed by atoms with Gasteiger partial charge in [-0.25, -0.2) is 0 Å². The molecule has 0 spiro atoms. The molecule has 0 N–H and O–H groups in total. The molecule has 2 aliphatic carbocycles. The fourth-order valence-electron chi connectivity index (χ4n) is 5.35. The minimum Gasteiger partial charge on any atom is -0.378 e. The largest absolute Gasteiger partial charge is 0.378 e. The SMILES string of the molecule is COC(C)(C)C12CC(C)C(C1)C(C)(C)C2(C)C. The van der Waals surface area contributed by atoms with Gasteiger partial charge in [0.2, 0.25) is 0 Å². The summed E-state index contributed by atoms with van der Waals surface area (Å²) in [6.07, 6.45) is 2.67. The summed E-state index contributed by atoms with van der Waals surface area (Å²) in [5, 5.41) is 0. The van der Waals surface area contributed by atoms with Gasteiger partial charge in [-0.3, -0.25) is 0 Å². The summed E-state index contributed by atoms with van der Waals surface area (Å²) in [6.45, 7) is 16.9. The van der Waals surface area contributed by atoms with Gasteiger partial charge >= 0.3 is 0 Å². The first kappa shape index (κ1) is 13.4. The smallest absolute Gasteiger partial charge is 0.0684 e. The van der Waals surface area contributed by atoms with Gasteiger partial charge in [-0.1, -0.05) is 34.6 Å². The normalized spacial score (nSPS) is 43.1. The zero-order valence-electron chi connectivity index (χ0n) is 13.0. The highest BCUT2D eigenvalue weighted by Gasteiger charge is 2.72. The Morgan fingerprint density at radius 1 is 1.06 bits per heavy atom. The Bertz CT molecular complexity index is 326. The Morgan fingerprint density at radius 3 is 2.00 bits per heavy atom. The molecule has 2 saturated carbocycles. The average molecular weight is 238 g/mol. The van der Waals surface area contributed by atoms with Crippen LogP contribution in [0.4, 0.5) is 0 Å². The third kappa shape index (κ3) is 1.25. The first-order valence-corrected chi connectivity index (χ1v) is 7.09. The molecular weight excluding hydrogens is 208 g/mol. The highest BCUT2D eigenvalue weighted by atomic mass is 16.5. The van der Waals surface area contributed by atoms with Crippen LogP contribution >= 0.6 is 0 Å². The van der Waals surface area contributed by atoms with Crippen LogP contribution in [-0.2, 0) is 4.74 Å². The lowest BCUT2D eigenvalue weighted by molar-refractivity contribution is -0.166. The van der Waals surface area contributed by atoms with Crippen molar-refractivity contribution < 1.29 is 4.74 Å². The van der Waals surface area contributed by atoms with Gasteiger partial charge in [-0.15, -0.1) is 0 Å². The molecule has 0 aliphatic heterocycles. The van der Waals surface area contributed by atoms with Crippen molar-refractivity contribution >= 4 is 0 Å². The molecule has 0 radical (unpaired) electrons. The lowest BCUT2D eigenvalue weighted by atomic mass is 9.48. The van der Waals surface area contributed by atoms with E-state index in [-0.39, 0.29) is 5.60 Å². The van der Waals surface area contributed by atoms with E-state index in [1.54, 1.807) is 0 Å². The minimum absolute atomic E-state index is 0.0206. The third-order valence-corrected chi connectivity index (χ3v) is 7.32. The van der Waals surface area contributed by atoms with Gasteiger partial charge in [0.1, 0.15) is 0 Å². The summed E-state index contributed by atoms with van der Waals surface area (Å²) >= 11 is 0. The minimum atomic E-state index is -0.0206. The fourth-order valence-corrected chi connectivity index (χ4v) is 5.35. The number of methoxy groups -OCH3 is 1. The molecule has 0 saturated heterocycles. The van der Waals surface area contributed by atoms with Crippen LogP contribution in [0.25, 0.3) is 0 Å². The van der Waals surface area contributed by atoms with Crippen LogP contribution in [0, 0.1) is 28.1 Å². The van der Waals surface area contributed by atoms with E-state index in [1.165, 1.54) is 12.8 Å². The van der Waals surface area contributed by atoms with Gasteiger partial charge in [-0.2, -0.15) is 0 Å². The monoisotopic (exact) mass is 238 g/mol. The highest BCUT2D eigenvalue weighted by molar-refractivity contribution is 5.21. The number of ether oxygens (including phenoxy) is 1. The van der Waals surface area contributed by atoms with Crippen molar-refractivity contribution in [3.63, 3.8) is 0 Å². The van der Waals surface area contributed by atoms with E-state index >= 15 is 0 Å². The van der Waals surface area contributed by atoms with Crippen molar-refractivity contribution in [1.29, 1.82) is 0 Å². The Labute approximate surface area is 107 Å². The van der Waals surface area contributed by atoms with Crippen LogP contribution in [-0.4, -0.2) is 12.7 Å². The maximum Gasteiger partial charge on any atom is 0.0684 e. The topological polar surface area (TPSA) is 9.23 Å². The molecule has 3 unspecified atom stereocenters. The standard InChI is InChI=1S/C16H30O/c1-11-9-16(15(6,7)17-8)10-12(11)13(2,3)14(16,4)5/h11-12H,9-10H2,1-8H3. The molecule has 1 heteroatoms. The van der Waals surface area contributed by atoms with Gasteiger partial charge < -0.3 is 4.74 Å². The van der Waals surface area contributed by atoms with E-state index in [1.807, 2.05) is 7.11 Å². The van der Waals surface area contributed by atoms with Gasteiger partial charge in [0, 0.05) is 12.5 Å². The second-order valence-corrected chi connectivity index (χ2v) is 8.14. The van der Waals surface area contributed by atoms with Crippen molar-refractivity contribution in [1.82, 2.24) is 0 Å². The van der Waals surface area contributed by atoms with Crippen LogP contribution < -0.4 is 0 Å². The first-order chi connectivity index (χ1) is 7.53. The van der Waals surface area contributed by atoms with Crippen LogP contribution in [0.1, 0.15) is 61.3 Å². The number of fused-ring (bicyclic) bond motifs is 2. The molecule has 0 aromatic carbocycles. The molecular formula is C16H30O. The molecule has 17 heavy (non-hydrogen) atoms. The van der Waals surface area contributed by atoms with Crippen molar-refractivity contribution in [3.8, 4) is 0 Å². The summed E-state index contributed by atoms with van der Waals surface area (Å²) in [7, 11) is 1.88. The quantitative estimate of drug-likeness (QED) is 0.688. The molecule has 2 fully saturated rings. The van der Waals surface area contributed by atoms with E-state index in [9.17, 15) is 0 Å². The van der Waals surface area contributed by atoms with Crippen molar-refractivity contribution in [2.45, 2.75) is 66.9 Å². The number of hydrogen-bond acceptors (Lipinski definition) is 1. The Hall–Kier alpha value is -0.0400. The Morgan fingerprint density at radius 2 is 1.59 bits per heavy atom. The van der Waals surface area contributed by atoms with Crippen molar-refractivity contribution in [2.24, 2.45) is 28.1 Å². The Kier molecular flexibility index (Phi) is 2.59. The van der Waals surface area contributed by atoms with Gasteiger partial charge in [-0.05, 0) is 49.4 Å². The average Bonchev–Trinajstić information content (AvgIpc) is 2.63. The lowest BCUT2D eigenvalue weighted by Crippen LogP contribution is -2.56. The maximum atomic E-state index is 5.92. The van der Waals surface area contributed by atoms with Crippen molar-refractivity contribution in [3.05, 3.63) is 0 Å². The molecule has 1 nitrogen and oxygen atoms in total. The summed E-state index contributed by atoms with van der Waals surface area (Å²) in [4.78, 5) is 0. The molecule has 0 heterocycles. The molecule has 0 aromatic rings. The molecule has 0 amide bonds. The first-order valence-electron chi connectivity index (χ1n) is 7.09. The van der Waals surface area contributed by atoms with Gasteiger partial charge in [0.05, 0.1) is 5.60 Å². The second-order valence-electron chi connectivity index (χ2n) is 8.14. The number of hydrogen-bond donors (Lipinski definition) is 0. The molecule has 100 valence electrons. The summed E-state index contributed by atoms with van der Waals surface area (Å²) in [6, 6.07) is 0. The molecule has 2 bridgehead atoms. The second kappa shape index (κ2) is 3.29. The summed E-state index contributed by atoms with van der Waals surface area (Å²) < 4.78 is 5.92. The predicted octanol–water partition coefficient (Wildman–Crippen LogP) is 4.51. The van der Waals surface area contributed by atoms with Crippen LogP contribution in [0.5, 0.6) is 0 Å². The summed E-state index contributed by atoms with van der Waals surface area (Å²) in [5.41, 5.74) is 1.08. The summed E-state index contributed by atoms with van der Waals surface area (Å²) in [5.74, 6) is 1.69. The van der Waals surface area contributed by atoms with Crippen LogP contribution in [0.2, 0.25) is 0 Å². The zero-order valence-corrected chi connectivity index (χ0v) is 13.0. The predicted molar refractivity (Wildman–Crippen MR) is 73.0 cm³/mol. The van der Waals surface area contributed by atoms with Gasteiger partial charge in [0.15, 0.2) is 0 Å². The lowest BCUT2D eigenvalue weighted by Gasteiger charge is -2.58. The van der Waals surface area contributed by atoms with Crippen LogP contribution in [0.15, 0.2) is 0 Å². The van der Waals surface area contributed by atoms with Gasteiger partial charge in [0.25, 0.3) is 0 Å². The third-order valence-electron chi connectivity index (χ3n) is 7.32.